The van der Waals surface area contributed by atoms with Crippen molar-refractivity contribution in [3.63, 3.8) is 0 Å². The van der Waals surface area contributed by atoms with Crippen LogP contribution in [-0.2, 0) is 0 Å². The third-order valence-electron chi connectivity index (χ3n) is 2.48. The lowest BCUT2D eigenvalue weighted by molar-refractivity contribution is 0.372. The largest absolute Gasteiger partial charge is 0.496 e. The summed E-state index contributed by atoms with van der Waals surface area (Å²) in [5, 5.41) is 4.06. The molecule has 0 spiro atoms. The molecule has 0 atom stereocenters. The fourth-order valence-electron chi connectivity index (χ4n) is 1.54. The molecule has 0 bridgehead atoms. The number of benzene rings is 1. The molecular formula is C13H15NO2. The molecule has 2 aromatic rings. The van der Waals surface area contributed by atoms with Crippen molar-refractivity contribution in [1.82, 2.24) is 5.16 Å². The predicted octanol–water partition coefficient (Wildman–Crippen LogP) is 3.47. The first-order valence-corrected chi connectivity index (χ1v) is 5.32. The molecule has 0 amide bonds. The first-order valence-electron chi connectivity index (χ1n) is 5.32. The molecule has 3 heteroatoms. The summed E-state index contributed by atoms with van der Waals surface area (Å²) >= 11 is 0. The monoisotopic (exact) mass is 217 g/mol. The summed E-state index contributed by atoms with van der Waals surface area (Å²) in [4.78, 5) is 0. The van der Waals surface area contributed by atoms with E-state index in [0.717, 1.165) is 22.8 Å². The van der Waals surface area contributed by atoms with Gasteiger partial charge in [0.1, 0.15) is 17.2 Å². The van der Waals surface area contributed by atoms with Crippen molar-refractivity contribution in [2.45, 2.75) is 19.8 Å². The van der Waals surface area contributed by atoms with Gasteiger partial charge in [0.15, 0.2) is 0 Å². The van der Waals surface area contributed by atoms with E-state index in [1.54, 1.807) is 7.11 Å². The normalized spacial score (nSPS) is 10.8. The summed E-state index contributed by atoms with van der Waals surface area (Å²) in [5.74, 6) is 2.04. The molecule has 84 valence electrons. The zero-order valence-corrected chi connectivity index (χ0v) is 9.73. The van der Waals surface area contributed by atoms with Gasteiger partial charge in [0.05, 0.1) is 7.11 Å². The van der Waals surface area contributed by atoms with Crippen LogP contribution in [0.2, 0.25) is 0 Å². The maximum atomic E-state index is 5.29. The zero-order chi connectivity index (χ0) is 11.5. The fourth-order valence-corrected chi connectivity index (χ4v) is 1.54. The van der Waals surface area contributed by atoms with E-state index in [9.17, 15) is 0 Å². The van der Waals surface area contributed by atoms with Crippen molar-refractivity contribution in [3.8, 4) is 17.0 Å². The van der Waals surface area contributed by atoms with E-state index in [1.807, 2.05) is 30.3 Å². The Bertz CT molecular complexity index is 474. The summed E-state index contributed by atoms with van der Waals surface area (Å²) in [6, 6.07) is 9.75. The van der Waals surface area contributed by atoms with E-state index in [-0.39, 0.29) is 0 Å². The summed E-state index contributed by atoms with van der Waals surface area (Å²) < 4.78 is 10.6. The molecular weight excluding hydrogens is 202 g/mol. The van der Waals surface area contributed by atoms with E-state index in [0.29, 0.717) is 5.92 Å². The molecule has 2 rings (SSSR count). The quantitative estimate of drug-likeness (QED) is 0.789. The third kappa shape index (κ3) is 1.94. The van der Waals surface area contributed by atoms with Crippen LogP contribution < -0.4 is 4.74 Å². The summed E-state index contributed by atoms with van der Waals surface area (Å²) in [7, 11) is 1.66. The van der Waals surface area contributed by atoms with Crippen molar-refractivity contribution in [2.75, 3.05) is 7.11 Å². The lowest BCUT2D eigenvalue weighted by Gasteiger charge is -2.03. The van der Waals surface area contributed by atoms with Gasteiger partial charge >= 0.3 is 0 Å². The van der Waals surface area contributed by atoms with Crippen molar-refractivity contribution in [3.05, 3.63) is 36.1 Å². The smallest absolute Gasteiger partial charge is 0.139 e. The van der Waals surface area contributed by atoms with Gasteiger partial charge in [-0.1, -0.05) is 31.1 Å². The molecule has 0 radical (unpaired) electrons. The van der Waals surface area contributed by atoms with Crippen LogP contribution in [0.1, 0.15) is 25.5 Å². The van der Waals surface area contributed by atoms with Gasteiger partial charge in [-0.3, -0.25) is 0 Å². The molecule has 0 fully saturated rings. The fraction of sp³-hybridized carbons (Fsp3) is 0.308. The highest BCUT2D eigenvalue weighted by Gasteiger charge is 2.12. The molecule has 1 heterocycles. The van der Waals surface area contributed by atoms with E-state index in [1.165, 1.54) is 0 Å². The summed E-state index contributed by atoms with van der Waals surface area (Å²) in [6.07, 6.45) is 0. The van der Waals surface area contributed by atoms with Crippen molar-refractivity contribution < 1.29 is 9.26 Å². The zero-order valence-electron chi connectivity index (χ0n) is 9.73. The van der Waals surface area contributed by atoms with Gasteiger partial charge in [-0.05, 0) is 12.1 Å². The average Bonchev–Trinajstić information content (AvgIpc) is 2.78. The van der Waals surface area contributed by atoms with Gasteiger partial charge in [0.25, 0.3) is 0 Å². The van der Waals surface area contributed by atoms with Crippen LogP contribution in [0.25, 0.3) is 11.3 Å². The minimum atomic E-state index is 0.343. The van der Waals surface area contributed by atoms with E-state index in [2.05, 4.69) is 19.0 Å². The maximum Gasteiger partial charge on any atom is 0.139 e. The predicted molar refractivity (Wildman–Crippen MR) is 62.6 cm³/mol. The number of aromatic nitrogens is 1. The lowest BCUT2D eigenvalue weighted by Crippen LogP contribution is -1.87. The Balaban J connectivity index is 2.42. The van der Waals surface area contributed by atoms with Crippen LogP contribution >= 0.6 is 0 Å². The molecule has 16 heavy (non-hydrogen) atoms. The SMILES string of the molecule is COc1ccccc1-c1cc(C(C)C)on1. The minimum absolute atomic E-state index is 0.343. The van der Waals surface area contributed by atoms with Gasteiger partial charge in [0.2, 0.25) is 0 Å². The molecule has 3 nitrogen and oxygen atoms in total. The standard InChI is InChI=1S/C13H15NO2/c1-9(2)13-8-11(14-16-13)10-6-4-5-7-12(10)15-3/h4-9H,1-3H3. The van der Waals surface area contributed by atoms with Gasteiger partial charge in [-0.15, -0.1) is 0 Å². The van der Waals surface area contributed by atoms with Crippen LogP contribution in [0.4, 0.5) is 0 Å². The van der Waals surface area contributed by atoms with Gasteiger partial charge in [-0.2, -0.15) is 0 Å². The molecule has 0 saturated heterocycles. The van der Waals surface area contributed by atoms with Gasteiger partial charge in [0, 0.05) is 17.5 Å². The van der Waals surface area contributed by atoms with E-state index < -0.39 is 0 Å². The van der Waals surface area contributed by atoms with E-state index in [4.69, 9.17) is 9.26 Å². The Morgan fingerprint density at radius 1 is 1.25 bits per heavy atom. The Morgan fingerprint density at radius 2 is 2.00 bits per heavy atom. The molecule has 1 aromatic heterocycles. The molecule has 0 unspecified atom stereocenters. The first-order chi connectivity index (χ1) is 7.72. The number of hydrogen-bond donors (Lipinski definition) is 0. The number of para-hydroxylation sites is 1. The van der Waals surface area contributed by atoms with Crippen molar-refractivity contribution in [1.29, 1.82) is 0 Å². The highest BCUT2D eigenvalue weighted by molar-refractivity contribution is 5.66. The lowest BCUT2D eigenvalue weighted by atomic mass is 10.1. The second kappa shape index (κ2) is 4.39. The van der Waals surface area contributed by atoms with Crippen molar-refractivity contribution in [2.24, 2.45) is 0 Å². The number of ether oxygens (including phenoxy) is 1. The van der Waals surface area contributed by atoms with Gasteiger partial charge < -0.3 is 9.26 Å². The van der Waals surface area contributed by atoms with E-state index >= 15 is 0 Å². The summed E-state index contributed by atoms with van der Waals surface area (Å²) in [5.41, 5.74) is 1.78. The number of nitrogens with zero attached hydrogens (tertiary/aromatic N) is 1. The highest BCUT2D eigenvalue weighted by atomic mass is 16.5. The Hall–Kier alpha value is -1.77. The Kier molecular flexibility index (Phi) is 2.95. The van der Waals surface area contributed by atoms with Crippen LogP contribution in [0.5, 0.6) is 5.75 Å². The maximum absolute atomic E-state index is 5.29. The van der Waals surface area contributed by atoms with Gasteiger partial charge in [-0.25, -0.2) is 0 Å². The molecule has 0 N–H and O–H groups in total. The molecule has 0 saturated carbocycles. The van der Waals surface area contributed by atoms with Crippen LogP contribution in [0.15, 0.2) is 34.9 Å². The Labute approximate surface area is 95.0 Å². The molecule has 1 aromatic carbocycles. The Morgan fingerprint density at radius 3 is 2.62 bits per heavy atom. The van der Waals surface area contributed by atoms with Crippen LogP contribution in [0, 0.1) is 0 Å². The second-order valence-electron chi connectivity index (χ2n) is 3.97. The third-order valence-corrected chi connectivity index (χ3v) is 2.48. The van der Waals surface area contributed by atoms with Crippen LogP contribution in [0.3, 0.4) is 0 Å². The average molecular weight is 217 g/mol. The minimum Gasteiger partial charge on any atom is -0.496 e. The topological polar surface area (TPSA) is 35.3 Å². The van der Waals surface area contributed by atoms with Crippen LogP contribution in [-0.4, -0.2) is 12.3 Å². The second-order valence-corrected chi connectivity index (χ2v) is 3.97. The highest BCUT2D eigenvalue weighted by Crippen LogP contribution is 2.30. The van der Waals surface area contributed by atoms with Crippen molar-refractivity contribution >= 4 is 0 Å². The number of methoxy groups -OCH3 is 1. The summed E-state index contributed by atoms with van der Waals surface area (Å²) in [6.45, 7) is 4.15. The number of hydrogen-bond acceptors (Lipinski definition) is 3. The molecule has 0 aliphatic heterocycles. The molecule has 0 aliphatic rings. The molecule has 0 aliphatic carbocycles. The first kappa shape index (κ1) is 10.7. The number of rotatable bonds is 3.